The maximum absolute atomic E-state index is 15.1. The molecule has 4 aromatic rings. The summed E-state index contributed by atoms with van der Waals surface area (Å²) in [6, 6.07) is 3.46. The third-order valence-corrected chi connectivity index (χ3v) is 7.90. The van der Waals surface area contributed by atoms with Gasteiger partial charge in [0.1, 0.15) is 17.0 Å². The molecule has 0 bridgehead atoms. The van der Waals surface area contributed by atoms with Gasteiger partial charge in [0.2, 0.25) is 17.7 Å². The Kier molecular flexibility index (Phi) is 6.56. The van der Waals surface area contributed by atoms with Gasteiger partial charge in [-0.05, 0) is 56.7 Å². The molecule has 1 saturated carbocycles. The van der Waals surface area contributed by atoms with Crippen molar-refractivity contribution in [1.29, 1.82) is 0 Å². The van der Waals surface area contributed by atoms with Crippen LogP contribution in [-0.4, -0.2) is 67.5 Å². The number of amides is 1. The Morgan fingerprint density at radius 2 is 1.97 bits per heavy atom. The number of benzene rings is 1. The Labute approximate surface area is 222 Å². The topological polar surface area (TPSA) is 101 Å². The lowest BCUT2D eigenvalue weighted by Gasteiger charge is -2.34. The zero-order valence-electron chi connectivity index (χ0n) is 21.8. The molecule has 1 aliphatic heterocycles. The number of carbonyl (C=O) groups is 1. The number of aromatic nitrogens is 5. The Balaban J connectivity index is 1.28. The predicted molar refractivity (Wildman–Crippen MR) is 140 cm³/mol. The average Bonchev–Trinajstić information content (AvgIpc) is 3.62. The Morgan fingerprint density at radius 3 is 2.67 bits per heavy atom. The van der Waals surface area contributed by atoms with E-state index in [0.29, 0.717) is 57.8 Å². The van der Waals surface area contributed by atoms with Crippen LogP contribution in [0.3, 0.4) is 0 Å². The number of rotatable bonds is 7. The molecule has 1 aromatic carbocycles. The lowest BCUT2D eigenvalue weighted by atomic mass is 9.90. The molecule has 0 unspecified atom stereocenters. The first kappa shape index (κ1) is 25.4. The van der Waals surface area contributed by atoms with Gasteiger partial charge < -0.3 is 24.5 Å². The number of fused-ring (bicyclic) bond motifs is 2. The number of halogens is 3. The standard InChI is InChI=1S/C27H30F3N7O2/c1-14-32-24-19(28)10-15(11-20(24)37(14)13-21(29)30)18-12-31-25-23(18)26(39-2)35-27(34-25)33-16-5-7-17(8-6-16)36-9-3-4-22(36)38/h10-12,16-17,21H,3-9,13H2,1-2H3,(H2,31,33,34,35). The van der Waals surface area contributed by atoms with E-state index in [1.807, 2.05) is 4.90 Å². The third-order valence-electron chi connectivity index (χ3n) is 7.90. The first-order valence-corrected chi connectivity index (χ1v) is 13.3. The van der Waals surface area contributed by atoms with Crippen molar-refractivity contribution in [2.45, 2.75) is 70.5 Å². The number of nitrogens with one attached hydrogen (secondary N) is 2. The van der Waals surface area contributed by atoms with Crippen molar-refractivity contribution in [1.82, 2.24) is 29.4 Å². The minimum atomic E-state index is -2.60. The van der Waals surface area contributed by atoms with E-state index in [-0.39, 0.29) is 17.5 Å². The largest absolute Gasteiger partial charge is 0.480 e. The van der Waals surface area contributed by atoms with Crippen LogP contribution in [0.25, 0.3) is 33.2 Å². The number of methoxy groups -OCH3 is 1. The normalized spacial score (nSPS) is 20.1. The summed E-state index contributed by atoms with van der Waals surface area (Å²) in [5.74, 6) is 0.712. The molecule has 0 spiro atoms. The van der Waals surface area contributed by atoms with Gasteiger partial charge in [-0.2, -0.15) is 9.97 Å². The number of imidazole rings is 1. The van der Waals surface area contributed by atoms with E-state index >= 15 is 4.39 Å². The number of carbonyl (C=O) groups excluding carboxylic acids is 1. The highest BCUT2D eigenvalue weighted by Crippen LogP contribution is 2.37. The second kappa shape index (κ2) is 10.0. The van der Waals surface area contributed by atoms with E-state index in [9.17, 15) is 13.6 Å². The molecule has 6 rings (SSSR count). The molecule has 0 radical (unpaired) electrons. The van der Waals surface area contributed by atoms with E-state index in [4.69, 9.17) is 4.74 Å². The fourth-order valence-corrected chi connectivity index (χ4v) is 6.03. The molecule has 0 atom stereocenters. The van der Waals surface area contributed by atoms with E-state index < -0.39 is 18.8 Å². The maximum Gasteiger partial charge on any atom is 0.256 e. The molecule has 4 heterocycles. The second-order valence-corrected chi connectivity index (χ2v) is 10.3. The molecular weight excluding hydrogens is 511 g/mol. The smallest absolute Gasteiger partial charge is 0.256 e. The van der Waals surface area contributed by atoms with Crippen LogP contribution < -0.4 is 10.1 Å². The summed E-state index contributed by atoms with van der Waals surface area (Å²) in [5, 5.41) is 3.98. The summed E-state index contributed by atoms with van der Waals surface area (Å²) in [7, 11) is 1.51. The van der Waals surface area contributed by atoms with Crippen LogP contribution in [0.15, 0.2) is 18.3 Å². The number of aromatic amines is 1. The van der Waals surface area contributed by atoms with Gasteiger partial charge in [0.05, 0.1) is 24.6 Å². The summed E-state index contributed by atoms with van der Waals surface area (Å²) < 4.78 is 48.4. The van der Waals surface area contributed by atoms with Gasteiger partial charge in [-0.15, -0.1) is 0 Å². The van der Waals surface area contributed by atoms with Crippen molar-refractivity contribution in [2.75, 3.05) is 19.0 Å². The van der Waals surface area contributed by atoms with Crippen LogP contribution in [0.2, 0.25) is 0 Å². The van der Waals surface area contributed by atoms with Crippen LogP contribution >= 0.6 is 0 Å². The van der Waals surface area contributed by atoms with Gasteiger partial charge in [-0.3, -0.25) is 4.79 Å². The zero-order chi connectivity index (χ0) is 27.3. The molecule has 1 saturated heterocycles. The lowest BCUT2D eigenvalue weighted by molar-refractivity contribution is -0.130. The molecule has 206 valence electrons. The number of anilines is 1. The minimum absolute atomic E-state index is 0.0512. The average molecular weight is 542 g/mol. The highest BCUT2D eigenvalue weighted by Gasteiger charge is 2.31. The molecule has 2 aliphatic rings. The third kappa shape index (κ3) is 4.65. The van der Waals surface area contributed by atoms with Gasteiger partial charge in [0, 0.05) is 36.8 Å². The summed E-state index contributed by atoms with van der Waals surface area (Å²) in [5.41, 5.74) is 1.91. The van der Waals surface area contributed by atoms with Gasteiger partial charge in [-0.1, -0.05) is 0 Å². The summed E-state index contributed by atoms with van der Waals surface area (Å²) in [6.45, 7) is 1.87. The Bertz CT molecular complexity index is 1540. The molecule has 12 heteroatoms. The second-order valence-electron chi connectivity index (χ2n) is 10.3. The van der Waals surface area contributed by atoms with Gasteiger partial charge in [0.25, 0.3) is 6.43 Å². The van der Waals surface area contributed by atoms with Gasteiger partial charge >= 0.3 is 0 Å². The lowest BCUT2D eigenvalue weighted by Crippen LogP contribution is -2.41. The first-order valence-electron chi connectivity index (χ1n) is 13.3. The molecule has 1 aliphatic carbocycles. The van der Waals surface area contributed by atoms with Crippen molar-refractivity contribution < 1.29 is 22.7 Å². The first-order chi connectivity index (χ1) is 18.8. The molecule has 1 amide bonds. The predicted octanol–water partition coefficient (Wildman–Crippen LogP) is 5.04. The van der Waals surface area contributed by atoms with Gasteiger partial charge in [-0.25, -0.2) is 18.2 Å². The summed E-state index contributed by atoms with van der Waals surface area (Å²) in [4.78, 5) is 30.6. The fraction of sp³-hybridized carbons (Fsp3) is 0.481. The number of likely N-dealkylation sites (tertiary alicyclic amines) is 1. The van der Waals surface area contributed by atoms with Crippen LogP contribution in [0, 0.1) is 12.7 Å². The fourth-order valence-electron chi connectivity index (χ4n) is 6.03. The monoisotopic (exact) mass is 541 g/mol. The summed E-state index contributed by atoms with van der Waals surface area (Å²) >= 11 is 0. The van der Waals surface area contributed by atoms with Crippen LogP contribution in [0.5, 0.6) is 5.88 Å². The maximum atomic E-state index is 15.1. The molecular formula is C27H30F3N7O2. The Morgan fingerprint density at radius 1 is 1.18 bits per heavy atom. The number of aryl methyl sites for hydroxylation is 1. The van der Waals surface area contributed by atoms with Crippen LogP contribution in [0.1, 0.15) is 44.3 Å². The number of H-pyrrole nitrogens is 1. The summed E-state index contributed by atoms with van der Waals surface area (Å²) in [6.07, 6.45) is 4.36. The quantitative estimate of drug-likeness (QED) is 0.340. The number of nitrogens with zero attached hydrogens (tertiary/aromatic N) is 5. The number of ether oxygens (including phenoxy) is 1. The van der Waals surface area contributed by atoms with Crippen molar-refractivity contribution in [3.63, 3.8) is 0 Å². The van der Waals surface area contributed by atoms with Gasteiger partial charge in [0.15, 0.2) is 5.82 Å². The van der Waals surface area contributed by atoms with E-state index in [1.165, 1.54) is 17.7 Å². The molecule has 39 heavy (non-hydrogen) atoms. The minimum Gasteiger partial charge on any atom is -0.480 e. The number of hydrogen-bond donors (Lipinski definition) is 2. The highest BCUT2D eigenvalue weighted by atomic mass is 19.3. The van der Waals surface area contributed by atoms with Crippen LogP contribution in [0.4, 0.5) is 19.1 Å². The molecule has 3 aromatic heterocycles. The zero-order valence-corrected chi connectivity index (χ0v) is 21.8. The van der Waals surface area contributed by atoms with E-state index in [2.05, 4.69) is 25.3 Å². The SMILES string of the molecule is COc1nc(NC2CCC(N3CCCC3=O)CC2)nc2[nH]cc(-c3cc(F)c4nc(C)n(CC(F)F)c4c3)c12. The van der Waals surface area contributed by atoms with Crippen molar-refractivity contribution in [3.8, 4) is 17.0 Å². The Hall–Kier alpha value is -3.83. The van der Waals surface area contributed by atoms with E-state index in [0.717, 1.165) is 38.6 Å². The number of alkyl halides is 2. The molecule has 2 fully saturated rings. The van der Waals surface area contributed by atoms with Crippen LogP contribution in [-0.2, 0) is 11.3 Å². The van der Waals surface area contributed by atoms with Crippen molar-refractivity contribution in [2.24, 2.45) is 0 Å². The van der Waals surface area contributed by atoms with E-state index in [1.54, 1.807) is 19.2 Å². The molecule has 9 nitrogen and oxygen atoms in total. The molecule has 2 N–H and O–H groups in total. The number of hydrogen-bond acceptors (Lipinski definition) is 6. The highest BCUT2D eigenvalue weighted by molar-refractivity contribution is 5.99. The van der Waals surface area contributed by atoms with Crippen molar-refractivity contribution >= 4 is 33.9 Å². The van der Waals surface area contributed by atoms with Crippen molar-refractivity contribution in [3.05, 3.63) is 30.0 Å².